The predicted octanol–water partition coefficient (Wildman–Crippen LogP) is 1.50. The average molecular weight is 537 g/mol. The molecular weight excluding hydrogens is 507 g/mol. The van der Waals surface area contributed by atoms with Crippen LogP contribution in [0.1, 0.15) is 34.3 Å². The van der Waals surface area contributed by atoms with Gasteiger partial charge in [-0.1, -0.05) is 17.9 Å². The molecule has 0 aliphatic carbocycles. The Bertz CT molecular complexity index is 1370. The Morgan fingerprint density at radius 2 is 2.10 bits per heavy atom. The number of carbonyl (C=O) groups is 3. The van der Waals surface area contributed by atoms with Gasteiger partial charge in [-0.15, -0.1) is 0 Å². The number of methoxy groups -OCH3 is 1. The van der Waals surface area contributed by atoms with Crippen LogP contribution in [0.3, 0.4) is 0 Å². The minimum Gasteiger partial charge on any atom is -0.494 e. The SMILES string of the molecule is COc1ccc2c(c1F)C(=O)N(C[C@]1(C#Cc3cncc(NC(=O)C4CCN(C)CC4)c3)CONC(=O)N1)C2. The zero-order valence-corrected chi connectivity index (χ0v) is 21.7. The molecule has 0 bridgehead atoms. The van der Waals surface area contributed by atoms with E-state index in [2.05, 4.69) is 37.8 Å². The first kappa shape index (κ1) is 26.4. The maximum atomic E-state index is 14.8. The first-order valence-electron chi connectivity index (χ1n) is 12.6. The highest BCUT2D eigenvalue weighted by Crippen LogP contribution is 2.32. The number of hydroxylamine groups is 1. The highest BCUT2D eigenvalue weighted by molar-refractivity contribution is 5.99. The molecule has 0 unspecified atom stereocenters. The number of pyridine rings is 1. The summed E-state index contributed by atoms with van der Waals surface area (Å²) in [5, 5.41) is 5.67. The number of ether oxygens (including phenoxy) is 1. The molecule has 204 valence electrons. The Morgan fingerprint density at radius 1 is 1.31 bits per heavy atom. The number of urea groups is 1. The smallest absolute Gasteiger partial charge is 0.340 e. The third-order valence-electron chi connectivity index (χ3n) is 7.11. The molecule has 2 saturated heterocycles. The van der Waals surface area contributed by atoms with Crippen molar-refractivity contribution in [2.75, 3.05) is 45.7 Å². The molecule has 3 aliphatic rings. The summed E-state index contributed by atoms with van der Waals surface area (Å²) < 4.78 is 19.8. The number of likely N-dealkylation sites (tertiary alicyclic amines) is 1. The van der Waals surface area contributed by atoms with Crippen molar-refractivity contribution in [3.63, 3.8) is 0 Å². The third-order valence-corrected chi connectivity index (χ3v) is 7.11. The molecule has 1 aromatic carbocycles. The van der Waals surface area contributed by atoms with Gasteiger partial charge < -0.3 is 25.2 Å². The fourth-order valence-electron chi connectivity index (χ4n) is 4.99. The lowest BCUT2D eigenvalue weighted by molar-refractivity contribution is -0.121. The molecule has 0 radical (unpaired) electrons. The van der Waals surface area contributed by atoms with E-state index in [-0.39, 0.29) is 42.8 Å². The average Bonchev–Trinajstić information content (AvgIpc) is 3.23. The number of hydrogen-bond acceptors (Lipinski definition) is 7. The van der Waals surface area contributed by atoms with Gasteiger partial charge in [0, 0.05) is 24.2 Å². The lowest BCUT2D eigenvalue weighted by atomic mass is 9.96. The molecule has 0 saturated carbocycles. The van der Waals surface area contributed by atoms with Crippen LogP contribution < -0.4 is 20.9 Å². The number of aromatic nitrogens is 1. The van der Waals surface area contributed by atoms with E-state index in [1.807, 2.05) is 7.05 Å². The number of amides is 4. The molecule has 4 heterocycles. The summed E-state index contributed by atoms with van der Waals surface area (Å²) in [7, 11) is 3.37. The van der Waals surface area contributed by atoms with E-state index in [0.717, 1.165) is 25.9 Å². The van der Waals surface area contributed by atoms with Crippen LogP contribution in [0.4, 0.5) is 14.9 Å². The summed E-state index contributed by atoms with van der Waals surface area (Å²) in [6.07, 6.45) is 4.67. The fourth-order valence-corrected chi connectivity index (χ4v) is 4.99. The summed E-state index contributed by atoms with van der Waals surface area (Å²) in [6.45, 7) is 1.76. The van der Waals surface area contributed by atoms with E-state index in [0.29, 0.717) is 16.8 Å². The zero-order chi connectivity index (χ0) is 27.6. The molecule has 3 aliphatic heterocycles. The summed E-state index contributed by atoms with van der Waals surface area (Å²) in [6, 6.07) is 4.19. The first-order valence-corrected chi connectivity index (χ1v) is 12.6. The van der Waals surface area contributed by atoms with E-state index < -0.39 is 23.3 Å². The van der Waals surface area contributed by atoms with Crippen LogP contribution >= 0.6 is 0 Å². The van der Waals surface area contributed by atoms with Crippen molar-refractivity contribution in [1.82, 2.24) is 25.6 Å². The minimum absolute atomic E-state index is 0.0211. The molecule has 4 amide bonds. The molecule has 3 N–H and O–H groups in total. The van der Waals surface area contributed by atoms with Crippen molar-refractivity contribution in [3.8, 4) is 17.6 Å². The number of benzene rings is 1. The lowest BCUT2D eigenvalue weighted by Gasteiger charge is -2.36. The van der Waals surface area contributed by atoms with Gasteiger partial charge in [0.25, 0.3) is 5.91 Å². The molecule has 2 aromatic rings. The van der Waals surface area contributed by atoms with Crippen LogP contribution in [0.2, 0.25) is 0 Å². The maximum absolute atomic E-state index is 14.8. The summed E-state index contributed by atoms with van der Waals surface area (Å²) in [4.78, 5) is 51.1. The number of halogens is 1. The van der Waals surface area contributed by atoms with Crippen molar-refractivity contribution in [2.45, 2.75) is 24.9 Å². The molecule has 1 atom stereocenters. The molecule has 2 fully saturated rings. The van der Waals surface area contributed by atoms with Crippen LogP contribution in [0, 0.1) is 23.6 Å². The molecule has 0 spiro atoms. The van der Waals surface area contributed by atoms with E-state index >= 15 is 0 Å². The number of anilines is 1. The number of nitrogens with zero attached hydrogens (tertiary/aromatic N) is 3. The second kappa shape index (κ2) is 10.9. The quantitative estimate of drug-likeness (QED) is 0.495. The molecule has 1 aromatic heterocycles. The van der Waals surface area contributed by atoms with E-state index in [9.17, 15) is 18.8 Å². The van der Waals surface area contributed by atoms with Crippen LogP contribution in [0.5, 0.6) is 5.75 Å². The highest BCUT2D eigenvalue weighted by Gasteiger charge is 2.41. The fraction of sp³-hybridized carbons (Fsp3) is 0.407. The van der Waals surface area contributed by atoms with Crippen molar-refractivity contribution >= 4 is 23.5 Å². The standard InChI is InChI=1S/C27H29FN6O5/c1-33-9-6-18(7-10-33)24(35)30-20-11-17(12-29-13-20)5-8-27(16-39-32-26(37)31-27)15-34-14-19-3-4-21(38-2)23(28)22(19)25(34)36/h3-4,11-13,18H,6-7,9-10,14-16H2,1-2H3,(H,30,35)(H2,31,32,37)/t27-/m1/s1. The Labute approximate surface area is 225 Å². The van der Waals surface area contributed by atoms with Gasteiger partial charge in [0.2, 0.25) is 5.91 Å². The van der Waals surface area contributed by atoms with Gasteiger partial charge in [-0.05, 0) is 50.7 Å². The van der Waals surface area contributed by atoms with Gasteiger partial charge >= 0.3 is 6.03 Å². The molecular formula is C27H29FN6O5. The largest absolute Gasteiger partial charge is 0.494 e. The van der Waals surface area contributed by atoms with Gasteiger partial charge in [-0.2, -0.15) is 0 Å². The van der Waals surface area contributed by atoms with Gasteiger partial charge in [-0.3, -0.25) is 19.4 Å². The Morgan fingerprint density at radius 3 is 2.85 bits per heavy atom. The molecule has 5 rings (SSSR count). The van der Waals surface area contributed by atoms with Crippen molar-refractivity contribution in [3.05, 3.63) is 53.1 Å². The number of rotatable bonds is 5. The second-order valence-corrected chi connectivity index (χ2v) is 9.98. The highest BCUT2D eigenvalue weighted by atomic mass is 19.1. The van der Waals surface area contributed by atoms with E-state index in [1.165, 1.54) is 24.3 Å². The molecule has 11 nitrogen and oxygen atoms in total. The van der Waals surface area contributed by atoms with Crippen molar-refractivity contribution in [1.29, 1.82) is 0 Å². The summed E-state index contributed by atoms with van der Waals surface area (Å²) >= 11 is 0. The Balaban J connectivity index is 1.34. The second-order valence-electron chi connectivity index (χ2n) is 9.98. The predicted molar refractivity (Wildman–Crippen MR) is 138 cm³/mol. The number of hydrogen-bond donors (Lipinski definition) is 3. The third kappa shape index (κ3) is 5.64. The van der Waals surface area contributed by atoms with Crippen LogP contribution in [0.25, 0.3) is 0 Å². The number of piperidine rings is 1. The Kier molecular flexibility index (Phi) is 7.36. The van der Waals surface area contributed by atoms with Crippen molar-refractivity contribution < 1.29 is 28.3 Å². The monoisotopic (exact) mass is 536 g/mol. The normalized spacial score (nSPS) is 21.4. The van der Waals surface area contributed by atoms with Crippen LogP contribution in [-0.4, -0.2) is 78.6 Å². The van der Waals surface area contributed by atoms with Gasteiger partial charge in [-0.25, -0.2) is 14.7 Å². The number of nitrogens with one attached hydrogen (secondary N) is 3. The van der Waals surface area contributed by atoms with Gasteiger partial charge in [0.1, 0.15) is 12.1 Å². The van der Waals surface area contributed by atoms with Crippen LogP contribution in [-0.2, 0) is 16.2 Å². The molecule has 39 heavy (non-hydrogen) atoms. The first-order chi connectivity index (χ1) is 18.8. The maximum Gasteiger partial charge on any atom is 0.340 e. The van der Waals surface area contributed by atoms with Gasteiger partial charge in [0.05, 0.1) is 31.1 Å². The topological polar surface area (TPSA) is 125 Å². The summed E-state index contributed by atoms with van der Waals surface area (Å²) in [5.74, 6) is 4.62. The number of carbonyl (C=O) groups excluding carboxylic acids is 3. The molecule has 12 heteroatoms. The van der Waals surface area contributed by atoms with E-state index in [4.69, 9.17) is 9.57 Å². The van der Waals surface area contributed by atoms with Crippen LogP contribution in [0.15, 0.2) is 30.6 Å². The van der Waals surface area contributed by atoms with Gasteiger partial charge in [0.15, 0.2) is 11.6 Å². The Hall–Kier alpha value is -4.21. The summed E-state index contributed by atoms with van der Waals surface area (Å²) in [5.41, 5.74) is 2.40. The minimum atomic E-state index is -1.28. The van der Waals surface area contributed by atoms with Crippen molar-refractivity contribution in [2.24, 2.45) is 5.92 Å². The lowest BCUT2D eigenvalue weighted by Crippen LogP contribution is -2.64. The van der Waals surface area contributed by atoms with E-state index in [1.54, 1.807) is 18.3 Å². The number of fused-ring (bicyclic) bond motifs is 1. The zero-order valence-electron chi connectivity index (χ0n) is 21.7.